The second kappa shape index (κ2) is 11.6. The van der Waals surface area contributed by atoms with E-state index in [-0.39, 0.29) is 18.4 Å². The molecule has 188 valence electrons. The average molecular weight is 488 g/mol. The van der Waals surface area contributed by atoms with Gasteiger partial charge in [-0.25, -0.2) is 9.97 Å². The molecule has 9 heteroatoms. The van der Waals surface area contributed by atoms with E-state index in [1.165, 1.54) is 0 Å². The standard InChI is InChI=1S/C27H33N7O2/c1-33(2)13-5-11-29-26(35)18-34(22-6-4-7-23(16-22)36-3)17-21-14-19-8-9-20(15-25(19)31-21)24-10-12-30-27(28)32-24/h4,6-10,12,15-16H,5,11,13-14,17-18H2,1-3H3,(H,29,35)(H2,28,30,32). The Morgan fingerprint density at radius 2 is 2.03 bits per heavy atom. The Hall–Kier alpha value is -3.98. The third-order valence-electron chi connectivity index (χ3n) is 5.96. The lowest BCUT2D eigenvalue weighted by Gasteiger charge is -2.25. The van der Waals surface area contributed by atoms with E-state index in [1.54, 1.807) is 13.3 Å². The van der Waals surface area contributed by atoms with E-state index in [0.29, 0.717) is 13.1 Å². The lowest BCUT2D eigenvalue weighted by atomic mass is 10.0. The number of rotatable bonds is 11. The van der Waals surface area contributed by atoms with Gasteiger partial charge >= 0.3 is 0 Å². The number of hydrogen-bond donors (Lipinski definition) is 2. The van der Waals surface area contributed by atoms with Gasteiger partial charge in [-0.2, -0.15) is 0 Å². The lowest BCUT2D eigenvalue weighted by molar-refractivity contribution is -0.119. The van der Waals surface area contributed by atoms with E-state index in [0.717, 1.165) is 59.0 Å². The molecule has 0 fully saturated rings. The molecule has 2 aromatic carbocycles. The van der Waals surface area contributed by atoms with Gasteiger partial charge in [0.2, 0.25) is 11.9 Å². The number of aromatic nitrogens is 2. The highest BCUT2D eigenvalue weighted by Gasteiger charge is 2.20. The van der Waals surface area contributed by atoms with Crippen molar-refractivity contribution in [3.63, 3.8) is 0 Å². The van der Waals surface area contributed by atoms with Gasteiger partial charge in [0.05, 0.1) is 31.6 Å². The Morgan fingerprint density at radius 3 is 2.81 bits per heavy atom. The number of methoxy groups -OCH3 is 1. The number of aliphatic imine (C=N–C) groups is 1. The quantitative estimate of drug-likeness (QED) is 0.400. The van der Waals surface area contributed by atoms with E-state index in [9.17, 15) is 4.79 Å². The van der Waals surface area contributed by atoms with Gasteiger partial charge in [0.1, 0.15) is 5.75 Å². The Kier molecular flexibility index (Phi) is 8.12. The summed E-state index contributed by atoms with van der Waals surface area (Å²) in [6.07, 6.45) is 3.28. The van der Waals surface area contributed by atoms with Crippen molar-refractivity contribution in [2.24, 2.45) is 4.99 Å². The molecule has 0 unspecified atom stereocenters. The Bertz CT molecular complexity index is 1240. The molecule has 1 amide bonds. The van der Waals surface area contributed by atoms with Crippen molar-refractivity contribution in [1.29, 1.82) is 0 Å². The number of benzene rings is 2. The predicted octanol–water partition coefficient (Wildman–Crippen LogP) is 2.94. The van der Waals surface area contributed by atoms with Crippen molar-refractivity contribution in [3.05, 3.63) is 60.3 Å². The molecule has 9 nitrogen and oxygen atoms in total. The summed E-state index contributed by atoms with van der Waals surface area (Å²) in [6.45, 7) is 2.34. The highest BCUT2D eigenvalue weighted by atomic mass is 16.5. The molecule has 0 saturated carbocycles. The van der Waals surface area contributed by atoms with Crippen LogP contribution in [0.3, 0.4) is 0 Å². The minimum absolute atomic E-state index is 0.0173. The van der Waals surface area contributed by atoms with Crippen LogP contribution in [0.5, 0.6) is 5.75 Å². The molecule has 1 aliphatic rings. The van der Waals surface area contributed by atoms with Gasteiger partial charge in [0.15, 0.2) is 0 Å². The number of nitrogens with one attached hydrogen (secondary N) is 1. The molecule has 0 atom stereocenters. The summed E-state index contributed by atoms with van der Waals surface area (Å²) in [5.74, 6) is 0.969. The van der Waals surface area contributed by atoms with Crippen LogP contribution in [0.4, 0.5) is 17.3 Å². The number of amides is 1. The maximum absolute atomic E-state index is 12.8. The van der Waals surface area contributed by atoms with Crippen molar-refractivity contribution >= 4 is 28.9 Å². The largest absolute Gasteiger partial charge is 0.497 e. The third-order valence-corrected chi connectivity index (χ3v) is 5.96. The third kappa shape index (κ3) is 6.57. The molecule has 2 heterocycles. The summed E-state index contributed by atoms with van der Waals surface area (Å²) >= 11 is 0. The van der Waals surface area contributed by atoms with Gasteiger partial charge in [-0.1, -0.05) is 18.2 Å². The molecular formula is C27H33N7O2. The zero-order chi connectivity index (χ0) is 25.5. The topological polar surface area (TPSA) is 109 Å². The van der Waals surface area contributed by atoms with Gasteiger partial charge in [-0.15, -0.1) is 0 Å². The molecule has 1 aromatic heterocycles. The van der Waals surface area contributed by atoms with Crippen LogP contribution in [0.15, 0.2) is 59.7 Å². The number of nitrogens with two attached hydrogens (primary N) is 1. The smallest absolute Gasteiger partial charge is 0.239 e. The van der Waals surface area contributed by atoms with E-state index < -0.39 is 0 Å². The predicted molar refractivity (Wildman–Crippen MR) is 144 cm³/mol. The summed E-state index contributed by atoms with van der Waals surface area (Å²) in [4.78, 5) is 30.1. The summed E-state index contributed by atoms with van der Waals surface area (Å²) in [7, 11) is 5.69. The van der Waals surface area contributed by atoms with Crippen LogP contribution in [0, 0.1) is 0 Å². The van der Waals surface area contributed by atoms with Crippen LogP contribution in [0.1, 0.15) is 12.0 Å². The van der Waals surface area contributed by atoms with Gasteiger partial charge in [0, 0.05) is 42.2 Å². The molecule has 4 rings (SSSR count). The van der Waals surface area contributed by atoms with E-state index in [1.807, 2.05) is 61.5 Å². The fraction of sp³-hybridized carbons (Fsp3) is 0.333. The summed E-state index contributed by atoms with van der Waals surface area (Å²) in [5, 5.41) is 3.04. The van der Waals surface area contributed by atoms with Crippen LogP contribution >= 0.6 is 0 Å². The maximum atomic E-state index is 12.8. The van der Waals surface area contributed by atoms with E-state index >= 15 is 0 Å². The Labute approximate surface area is 212 Å². The van der Waals surface area contributed by atoms with Crippen LogP contribution in [-0.2, 0) is 11.2 Å². The Morgan fingerprint density at radius 1 is 1.17 bits per heavy atom. The first-order valence-corrected chi connectivity index (χ1v) is 12.0. The van der Waals surface area contributed by atoms with Gasteiger partial charge in [-0.3, -0.25) is 9.79 Å². The first kappa shape index (κ1) is 25.1. The molecule has 0 aliphatic carbocycles. The summed E-state index contributed by atoms with van der Waals surface area (Å²) in [6, 6.07) is 15.7. The molecule has 3 N–H and O–H groups in total. The average Bonchev–Trinajstić information content (AvgIpc) is 3.28. The molecule has 36 heavy (non-hydrogen) atoms. The van der Waals surface area contributed by atoms with Crippen LogP contribution in [0.2, 0.25) is 0 Å². The molecule has 1 aliphatic heterocycles. The normalized spacial score (nSPS) is 12.3. The lowest BCUT2D eigenvalue weighted by Crippen LogP contribution is -2.40. The number of carbonyl (C=O) groups is 1. The minimum Gasteiger partial charge on any atom is -0.497 e. The highest BCUT2D eigenvalue weighted by Crippen LogP contribution is 2.32. The van der Waals surface area contributed by atoms with Crippen LogP contribution in [0.25, 0.3) is 11.3 Å². The SMILES string of the molecule is COc1cccc(N(CC(=O)NCCCN(C)C)CC2=Nc3cc(-c4ccnc(N)n4)ccc3C2)c1. The van der Waals surface area contributed by atoms with Gasteiger partial charge in [0.25, 0.3) is 0 Å². The number of anilines is 2. The second-order valence-corrected chi connectivity index (χ2v) is 9.06. The fourth-order valence-electron chi connectivity index (χ4n) is 4.15. The molecule has 0 bridgehead atoms. The molecule has 0 radical (unpaired) electrons. The van der Waals surface area contributed by atoms with Crippen molar-refractivity contribution < 1.29 is 9.53 Å². The minimum atomic E-state index is -0.0173. The first-order valence-electron chi connectivity index (χ1n) is 12.0. The number of nitrogens with zero attached hydrogens (tertiary/aromatic N) is 5. The molecule has 0 spiro atoms. The maximum Gasteiger partial charge on any atom is 0.239 e. The number of nitrogen functional groups attached to an aromatic ring is 1. The van der Waals surface area contributed by atoms with Crippen molar-refractivity contribution in [1.82, 2.24) is 20.2 Å². The highest BCUT2D eigenvalue weighted by molar-refractivity contribution is 5.98. The molecular weight excluding hydrogens is 454 g/mol. The number of hydrogen-bond acceptors (Lipinski definition) is 8. The fourth-order valence-corrected chi connectivity index (χ4v) is 4.15. The van der Waals surface area contributed by atoms with Gasteiger partial charge in [-0.05, 0) is 56.9 Å². The first-order chi connectivity index (χ1) is 17.4. The van der Waals surface area contributed by atoms with E-state index in [4.69, 9.17) is 15.5 Å². The van der Waals surface area contributed by atoms with Gasteiger partial charge < -0.3 is 25.6 Å². The molecule has 3 aromatic rings. The number of carbonyl (C=O) groups excluding carboxylic acids is 1. The van der Waals surface area contributed by atoms with Crippen LogP contribution < -0.4 is 20.7 Å². The number of ether oxygens (including phenoxy) is 1. The number of fused-ring (bicyclic) bond motifs is 1. The van der Waals surface area contributed by atoms with Crippen molar-refractivity contribution in [2.45, 2.75) is 12.8 Å². The summed E-state index contributed by atoms with van der Waals surface area (Å²) in [5.41, 5.74) is 11.4. The van der Waals surface area contributed by atoms with Crippen molar-refractivity contribution in [2.75, 3.05) is 58.0 Å². The monoisotopic (exact) mass is 487 g/mol. The Balaban J connectivity index is 1.50. The molecule has 0 saturated heterocycles. The second-order valence-electron chi connectivity index (χ2n) is 9.06. The zero-order valence-corrected chi connectivity index (χ0v) is 21.1. The zero-order valence-electron chi connectivity index (χ0n) is 21.1. The summed E-state index contributed by atoms with van der Waals surface area (Å²) < 4.78 is 5.41. The van der Waals surface area contributed by atoms with Crippen molar-refractivity contribution in [3.8, 4) is 17.0 Å². The van der Waals surface area contributed by atoms with E-state index in [2.05, 4.69) is 26.3 Å². The van der Waals surface area contributed by atoms with Crippen LogP contribution in [-0.4, -0.2) is 73.9 Å².